The van der Waals surface area contributed by atoms with E-state index >= 15 is 0 Å². The first kappa shape index (κ1) is 39.4. The van der Waals surface area contributed by atoms with Crippen molar-refractivity contribution in [2.24, 2.45) is 11.8 Å². The number of hydrogen-bond acceptors (Lipinski definition) is 8. The maximum Gasteiger partial charge on any atom is 0.407 e. The van der Waals surface area contributed by atoms with E-state index in [1.165, 1.54) is 19.8 Å². The SMILES string of the molecule is COC(=O)N[C@H]1CC[C@H](C(=O)N2CCC[C@H]2c2ncc(-c3ccc(C4=CCC(c5cnc([C@@H]6CCCN6C(=O)[C@H]6CC[C@H](NC(=O)OC)CC6)[nH]5)C=C4)cc3)[nH]2)CC1. The van der Waals surface area contributed by atoms with Crippen LogP contribution in [0.1, 0.15) is 124 Å². The number of aromatic amines is 2. The Hall–Kier alpha value is -5.40. The minimum Gasteiger partial charge on any atom is -0.453 e. The molecule has 3 aliphatic carbocycles. The summed E-state index contributed by atoms with van der Waals surface area (Å²) in [5.74, 6) is 2.22. The summed E-state index contributed by atoms with van der Waals surface area (Å²) in [6, 6.07) is 8.54. The molecule has 4 fully saturated rings. The lowest BCUT2D eigenvalue weighted by Crippen LogP contribution is -2.42. The Labute approximate surface area is 339 Å². The van der Waals surface area contributed by atoms with Crippen LogP contribution < -0.4 is 10.6 Å². The van der Waals surface area contributed by atoms with Gasteiger partial charge in [-0.1, -0.05) is 42.5 Å². The molecule has 8 rings (SSSR count). The van der Waals surface area contributed by atoms with E-state index in [1.54, 1.807) is 0 Å². The highest BCUT2D eigenvalue weighted by Gasteiger charge is 2.39. The third kappa shape index (κ3) is 8.56. The predicted octanol–water partition coefficient (Wildman–Crippen LogP) is 7.08. The molecule has 5 aliphatic rings. The van der Waals surface area contributed by atoms with Crippen molar-refractivity contribution in [1.82, 2.24) is 40.4 Å². The van der Waals surface area contributed by atoms with E-state index < -0.39 is 12.2 Å². The first-order valence-electron chi connectivity index (χ1n) is 21.2. The number of ether oxygens (including phenoxy) is 2. The highest BCUT2D eigenvalue weighted by atomic mass is 16.5. The van der Waals surface area contributed by atoms with Crippen LogP contribution in [0.15, 0.2) is 54.9 Å². The molecule has 4 heterocycles. The van der Waals surface area contributed by atoms with E-state index in [1.807, 2.05) is 22.2 Å². The molecule has 0 spiro atoms. The predicted molar refractivity (Wildman–Crippen MR) is 217 cm³/mol. The van der Waals surface area contributed by atoms with Gasteiger partial charge < -0.3 is 39.9 Å². The summed E-state index contributed by atoms with van der Waals surface area (Å²) in [7, 11) is 2.74. The highest BCUT2D eigenvalue weighted by molar-refractivity contribution is 5.81. The Balaban J connectivity index is 0.836. The number of allylic oxidation sites excluding steroid dienone is 4. The van der Waals surface area contributed by atoms with Gasteiger partial charge in [0, 0.05) is 54.8 Å². The van der Waals surface area contributed by atoms with Crippen molar-refractivity contribution in [3.63, 3.8) is 0 Å². The second kappa shape index (κ2) is 17.6. The Morgan fingerprint density at radius 1 is 0.672 bits per heavy atom. The number of amides is 4. The number of benzene rings is 1. The first-order valence-corrected chi connectivity index (χ1v) is 21.2. The molecule has 308 valence electrons. The van der Waals surface area contributed by atoms with Gasteiger partial charge in [-0.05, 0) is 100 Å². The van der Waals surface area contributed by atoms with E-state index in [9.17, 15) is 19.2 Å². The number of H-pyrrole nitrogens is 2. The molecule has 2 saturated heterocycles. The minimum absolute atomic E-state index is 0.0246. The Bertz CT molecular complexity index is 2000. The molecule has 58 heavy (non-hydrogen) atoms. The van der Waals surface area contributed by atoms with Gasteiger partial charge in [0.15, 0.2) is 0 Å². The number of carbonyl (C=O) groups excluding carboxylic acids is 4. The lowest BCUT2D eigenvalue weighted by Gasteiger charge is -2.32. The van der Waals surface area contributed by atoms with Gasteiger partial charge in [0.1, 0.15) is 11.6 Å². The van der Waals surface area contributed by atoms with Crippen LogP contribution in [-0.4, -0.2) is 93.1 Å². The fourth-order valence-corrected chi connectivity index (χ4v) is 9.79. The van der Waals surface area contributed by atoms with Crippen LogP contribution in [0.5, 0.6) is 0 Å². The molecule has 0 bridgehead atoms. The van der Waals surface area contributed by atoms with Crippen molar-refractivity contribution >= 4 is 29.6 Å². The molecule has 14 heteroatoms. The number of nitrogens with zero attached hydrogens (tertiary/aromatic N) is 4. The van der Waals surface area contributed by atoms with Crippen molar-refractivity contribution in [3.05, 3.63) is 77.8 Å². The third-order valence-corrected chi connectivity index (χ3v) is 13.1. The normalized spacial score (nSPS) is 27.2. The second-order valence-corrected chi connectivity index (χ2v) is 16.6. The average molecular weight is 793 g/mol. The molecule has 0 radical (unpaired) electrons. The molecule has 3 atom stereocenters. The zero-order valence-corrected chi connectivity index (χ0v) is 33.6. The average Bonchev–Trinajstić information content (AvgIpc) is 4.11. The number of aromatic nitrogens is 4. The molecule has 2 aliphatic heterocycles. The quantitative estimate of drug-likeness (QED) is 0.178. The zero-order valence-electron chi connectivity index (χ0n) is 33.6. The van der Waals surface area contributed by atoms with Gasteiger partial charge in [0.2, 0.25) is 11.8 Å². The Kier molecular flexibility index (Phi) is 12.0. The van der Waals surface area contributed by atoms with Crippen LogP contribution in [-0.2, 0) is 19.1 Å². The highest BCUT2D eigenvalue weighted by Crippen LogP contribution is 2.38. The van der Waals surface area contributed by atoms with E-state index in [4.69, 9.17) is 19.4 Å². The van der Waals surface area contributed by atoms with Crippen molar-refractivity contribution in [1.29, 1.82) is 0 Å². The van der Waals surface area contributed by atoms with Crippen LogP contribution in [0, 0.1) is 11.8 Å². The fourth-order valence-electron chi connectivity index (χ4n) is 9.79. The van der Waals surface area contributed by atoms with Crippen LogP contribution in [0.2, 0.25) is 0 Å². The summed E-state index contributed by atoms with van der Waals surface area (Å²) in [6.07, 6.45) is 20.4. The van der Waals surface area contributed by atoms with E-state index in [0.717, 1.165) is 131 Å². The molecule has 14 nitrogen and oxygen atoms in total. The standard InChI is InChI=1S/C44H56N8O6/c1-57-43(55)47-33-19-15-31(16-20-33)41(53)51-23-3-5-37(51)39-45-25-35(49-39)29-11-7-27(8-12-29)28-9-13-30(14-10-28)36-26-46-40(50-36)38-6-4-24-52(38)42(54)32-17-21-34(22-18-32)48-44(56)58-2/h7-13,25-26,30-34,37-38H,3-6,14-24H2,1-2H3,(H,45,49)(H,46,50)(H,47,55)(H,48,56)/t30?,31-,32-,33-,34-,37-,38-/m0/s1. The second-order valence-electron chi connectivity index (χ2n) is 16.6. The molecule has 4 N–H and O–H groups in total. The van der Waals surface area contributed by atoms with Crippen LogP contribution >= 0.6 is 0 Å². The summed E-state index contributed by atoms with van der Waals surface area (Å²) >= 11 is 0. The van der Waals surface area contributed by atoms with Crippen molar-refractivity contribution in [3.8, 4) is 11.3 Å². The monoisotopic (exact) mass is 792 g/mol. The molecular weight excluding hydrogens is 737 g/mol. The van der Waals surface area contributed by atoms with E-state index in [-0.39, 0.29) is 53.7 Å². The molecule has 2 saturated carbocycles. The summed E-state index contributed by atoms with van der Waals surface area (Å²) < 4.78 is 9.48. The van der Waals surface area contributed by atoms with E-state index in [0.29, 0.717) is 0 Å². The van der Waals surface area contributed by atoms with Gasteiger partial charge in [-0.15, -0.1) is 0 Å². The van der Waals surface area contributed by atoms with Crippen molar-refractivity contribution in [2.75, 3.05) is 27.3 Å². The minimum atomic E-state index is -0.415. The number of alkyl carbamates (subject to hydrolysis) is 2. The topological polar surface area (TPSA) is 175 Å². The number of imidazole rings is 2. The van der Waals surface area contributed by atoms with Gasteiger partial charge in [-0.3, -0.25) is 9.59 Å². The summed E-state index contributed by atoms with van der Waals surface area (Å²) in [4.78, 5) is 71.2. The van der Waals surface area contributed by atoms with Gasteiger partial charge >= 0.3 is 12.2 Å². The lowest BCUT2D eigenvalue weighted by atomic mass is 9.85. The molecule has 1 aromatic carbocycles. The number of methoxy groups -OCH3 is 2. The molecule has 4 amide bonds. The smallest absolute Gasteiger partial charge is 0.407 e. The molecule has 2 aromatic heterocycles. The van der Waals surface area contributed by atoms with Gasteiger partial charge in [0.05, 0.1) is 38.2 Å². The van der Waals surface area contributed by atoms with Crippen LogP contribution in [0.25, 0.3) is 16.8 Å². The van der Waals surface area contributed by atoms with Crippen LogP contribution in [0.4, 0.5) is 9.59 Å². The maximum atomic E-state index is 13.6. The van der Waals surface area contributed by atoms with Gasteiger partial charge in [0.25, 0.3) is 0 Å². The summed E-state index contributed by atoms with van der Waals surface area (Å²) in [5.41, 5.74) is 5.35. The number of rotatable bonds is 9. The number of hydrogen-bond donors (Lipinski definition) is 4. The Morgan fingerprint density at radius 3 is 1.71 bits per heavy atom. The summed E-state index contributed by atoms with van der Waals surface area (Å²) in [6.45, 7) is 1.49. The van der Waals surface area contributed by atoms with E-state index in [2.05, 4.69) is 63.1 Å². The molecular formula is C44H56N8O6. The maximum absolute atomic E-state index is 13.6. The third-order valence-electron chi connectivity index (χ3n) is 13.1. The number of nitrogens with one attached hydrogen (secondary N) is 4. The molecule has 3 aromatic rings. The number of likely N-dealkylation sites (tertiary alicyclic amines) is 2. The summed E-state index contributed by atoms with van der Waals surface area (Å²) in [5, 5.41) is 5.76. The van der Waals surface area contributed by atoms with Crippen molar-refractivity contribution < 1.29 is 28.7 Å². The van der Waals surface area contributed by atoms with Gasteiger partial charge in [-0.2, -0.15) is 0 Å². The number of carbonyl (C=O) groups is 4. The first-order chi connectivity index (χ1) is 28.3. The van der Waals surface area contributed by atoms with Crippen LogP contribution in [0.3, 0.4) is 0 Å². The fraction of sp³-hybridized carbons (Fsp3) is 0.545. The zero-order chi connectivity index (χ0) is 40.2. The molecule has 1 unspecified atom stereocenters. The van der Waals surface area contributed by atoms with Gasteiger partial charge in [-0.25, -0.2) is 19.6 Å². The van der Waals surface area contributed by atoms with Crippen molar-refractivity contribution in [2.45, 2.75) is 114 Å². The lowest BCUT2D eigenvalue weighted by molar-refractivity contribution is -0.138. The Morgan fingerprint density at radius 2 is 1.19 bits per heavy atom. The largest absolute Gasteiger partial charge is 0.453 e.